The maximum atomic E-state index is 6.22. The average Bonchev–Trinajstić information content (AvgIpc) is 2.61. The van der Waals surface area contributed by atoms with Gasteiger partial charge < -0.3 is 4.43 Å². The van der Waals surface area contributed by atoms with Crippen LogP contribution in [0.5, 0.6) is 5.75 Å². The zero-order chi connectivity index (χ0) is 18.6. The number of aryl methyl sites for hydroxylation is 1. The van der Waals surface area contributed by atoms with Gasteiger partial charge in [0.2, 0.25) is 8.32 Å². The Labute approximate surface area is 155 Å². The van der Waals surface area contributed by atoms with Crippen LogP contribution in [0.2, 0.25) is 19.6 Å². The zero-order valence-corrected chi connectivity index (χ0v) is 16.6. The molecule has 2 aromatic carbocycles. The molecule has 0 amide bonds. The number of aromatic nitrogens is 2. The molecule has 0 spiro atoms. The van der Waals surface area contributed by atoms with Crippen molar-refractivity contribution in [3.8, 4) is 5.75 Å². The monoisotopic (exact) mass is 361 g/mol. The molecule has 5 heteroatoms. The molecule has 0 bridgehead atoms. The number of rotatable bonds is 5. The lowest BCUT2D eigenvalue weighted by Gasteiger charge is -2.20. The van der Waals surface area contributed by atoms with Gasteiger partial charge >= 0.3 is 0 Å². The minimum Gasteiger partial charge on any atom is -0.543 e. The van der Waals surface area contributed by atoms with E-state index >= 15 is 0 Å². The van der Waals surface area contributed by atoms with Gasteiger partial charge in [0.25, 0.3) is 0 Å². The molecule has 0 saturated carbocycles. The highest BCUT2D eigenvalue weighted by Crippen LogP contribution is 2.30. The van der Waals surface area contributed by atoms with E-state index in [4.69, 9.17) is 9.42 Å². The van der Waals surface area contributed by atoms with E-state index in [1.807, 2.05) is 73.9 Å². The van der Waals surface area contributed by atoms with Gasteiger partial charge in [0.1, 0.15) is 17.1 Å². The zero-order valence-electron chi connectivity index (χ0n) is 15.6. The van der Waals surface area contributed by atoms with E-state index in [2.05, 4.69) is 29.6 Å². The molecule has 132 valence electrons. The van der Waals surface area contributed by atoms with Gasteiger partial charge in [-0.25, -0.2) is 15.0 Å². The summed E-state index contributed by atoms with van der Waals surface area (Å²) in [6.07, 6.45) is 3.62. The van der Waals surface area contributed by atoms with Crippen LogP contribution < -0.4 is 4.43 Å². The summed E-state index contributed by atoms with van der Waals surface area (Å²) in [5.74, 6) is 1.40. The Morgan fingerprint density at radius 2 is 1.50 bits per heavy atom. The van der Waals surface area contributed by atoms with E-state index in [1.165, 1.54) is 0 Å². The Morgan fingerprint density at radius 1 is 0.885 bits per heavy atom. The van der Waals surface area contributed by atoms with Gasteiger partial charge in [0.15, 0.2) is 5.82 Å². The van der Waals surface area contributed by atoms with Gasteiger partial charge in [-0.2, -0.15) is 0 Å². The van der Waals surface area contributed by atoms with Gasteiger partial charge in [0, 0.05) is 18.0 Å². The minimum atomic E-state index is -1.75. The van der Waals surface area contributed by atoms with E-state index in [0.717, 1.165) is 28.3 Å². The maximum absolute atomic E-state index is 6.22. The van der Waals surface area contributed by atoms with Crippen LogP contribution in [0, 0.1) is 6.92 Å². The van der Waals surface area contributed by atoms with Crippen molar-refractivity contribution >= 4 is 19.7 Å². The Morgan fingerprint density at radius 3 is 2.15 bits per heavy atom. The first-order chi connectivity index (χ1) is 12.4. The van der Waals surface area contributed by atoms with Crippen molar-refractivity contribution in [1.82, 2.24) is 9.97 Å². The number of aliphatic imine (C=N–C) groups is 1. The summed E-state index contributed by atoms with van der Waals surface area (Å²) < 4.78 is 6.22. The molecule has 0 N–H and O–H groups in total. The van der Waals surface area contributed by atoms with Gasteiger partial charge in [-0.3, -0.25) is 0 Å². The second-order valence-electron chi connectivity index (χ2n) is 7.09. The SMILES string of the molecule is Cc1cnc(C(=Nc2ccccc2O[Si](C)(C)C)c2ccccc2)nc1. The molecular weight excluding hydrogens is 338 g/mol. The Bertz CT molecular complexity index is 901. The molecule has 1 aromatic heterocycles. The third kappa shape index (κ3) is 4.64. The molecule has 26 heavy (non-hydrogen) atoms. The van der Waals surface area contributed by atoms with Crippen molar-refractivity contribution < 1.29 is 4.43 Å². The molecule has 3 aromatic rings. The summed E-state index contributed by atoms with van der Waals surface area (Å²) in [6, 6.07) is 17.9. The van der Waals surface area contributed by atoms with Gasteiger partial charge in [-0.15, -0.1) is 0 Å². The molecular formula is C21H23N3OSi. The Balaban J connectivity index is 2.13. The molecule has 0 aliphatic heterocycles. The number of benzene rings is 2. The van der Waals surface area contributed by atoms with Crippen LogP contribution in [0.15, 0.2) is 72.0 Å². The van der Waals surface area contributed by atoms with E-state index in [1.54, 1.807) is 0 Å². The lowest BCUT2D eigenvalue weighted by molar-refractivity contribution is 0.559. The fraction of sp³-hybridized carbons (Fsp3) is 0.190. The average molecular weight is 362 g/mol. The van der Waals surface area contributed by atoms with Crippen molar-refractivity contribution in [2.24, 2.45) is 4.99 Å². The maximum Gasteiger partial charge on any atom is 0.242 e. The van der Waals surface area contributed by atoms with Crippen LogP contribution in [0.4, 0.5) is 5.69 Å². The van der Waals surface area contributed by atoms with Crippen LogP contribution in [0.25, 0.3) is 0 Å². The number of para-hydroxylation sites is 2. The van der Waals surface area contributed by atoms with Crippen molar-refractivity contribution in [1.29, 1.82) is 0 Å². The van der Waals surface area contributed by atoms with E-state index in [0.29, 0.717) is 5.82 Å². The van der Waals surface area contributed by atoms with Gasteiger partial charge in [-0.05, 0) is 44.3 Å². The second kappa shape index (κ2) is 7.62. The molecule has 0 aliphatic carbocycles. The number of hydrogen-bond donors (Lipinski definition) is 0. The fourth-order valence-electron chi connectivity index (χ4n) is 2.44. The Kier molecular flexibility index (Phi) is 5.28. The molecule has 4 nitrogen and oxygen atoms in total. The number of hydrogen-bond acceptors (Lipinski definition) is 4. The molecule has 3 rings (SSSR count). The minimum absolute atomic E-state index is 0.601. The first kappa shape index (κ1) is 18.0. The van der Waals surface area contributed by atoms with Crippen molar-refractivity contribution in [2.75, 3.05) is 0 Å². The first-order valence-electron chi connectivity index (χ1n) is 8.63. The van der Waals surface area contributed by atoms with Gasteiger partial charge in [0.05, 0.1) is 0 Å². The standard InChI is InChI=1S/C21H23N3OSi/c1-16-14-22-21(23-15-16)20(17-10-6-5-7-11-17)24-18-12-8-9-13-19(18)25-26(2,3)4/h5-15H,1-4H3. The molecule has 0 unspecified atom stereocenters. The van der Waals surface area contributed by atoms with E-state index in [9.17, 15) is 0 Å². The highest BCUT2D eigenvalue weighted by molar-refractivity contribution is 6.70. The highest BCUT2D eigenvalue weighted by Gasteiger charge is 2.19. The molecule has 1 heterocycles. The normalized spacial score (nSPS) is 12.1. The fourth-order valence-corrected chi connectivity index (χ4v) is 3.27. The van der Waals surface area contributed by atoms with Crippen molar-refractivity contribution in [3.63, 3.8) is 0 Å². The highest BCUT2D eigenvalue weighted by atomic mass is 28.4. The van der Waals surface area contributed by atoms with Crippen molar-refractivity contribution in [3.05, 3.63) is 83.9 Å². The van der Waals surface area contributed by atoms with Crippen molar-refractivity contribution in [2.45, 2.75) is 26.6 Å². The second-order valence-corrected chi connectivity index (χ2v) is 11.5. The summed E-state index contributed by atoms with van der Waals surface area (Å²) in [5, 5.41) is 0. The Hall–Kier alpha value is -2.79. The first-order valence-corrected chi connectivity index (χ1v) is 12.0. The topological polar surface area (TPSA) is 47.4 Å². The number of nitrogens with zero attached hydrogens (tertiary/aromatic N) is 3. The summed E-state index contributed by atoms with van der Waals surface area (Å²) in [4.78, 5) is 13.9. The summed E-state index contributed by atoms with van der Waals surface area (Å²) in [6.45, 7) is 8.46. The summed E-state index contributed by atoms with van der Waals surface area (Å²) in [5.41, 5.74) is 3.51. The molecule has 0 saturated heterocycles. The summed E-state index contributed by atoms with van der Waals surface area (Å²) in [7, 11) is -1.75. The van der Waals surface area contributed by atoms with E-state index < -0.39 is 8.32 Å². The van der Waals surface area contributed by atoms with Crippen LogP contribution >= 0.6 is 0 Å². The predicted octanol–water partition coefficient (Wildman–Crippen LogP) is 5.17. The smallest absolute Gasteiger partial charge is 0.242 e. The van der Waals surface area contributed by atoms with Crippen LogP contribution in [0.1, 0.15) is 17.0 Å². The quantitative estimate of drug-likeness (QED) is 0.465. The van der Waals surface area contributed by atoms with Gasteiger partial charge in [-0.1, -0.05) is 42.5 Å². The molecule has 0 atom stereocenters. The molecule has 0 radical (unpaired) electrons. The lowest BCUT2D eigenvalue weighted by Crippen LogP contribution is -2.29. The largest absolute Gasteiger partial charge is 0.543 e. The molecule has 0 aliphatic rings. The van der Waals surface area contributed by atoms with E-state index in [-0.39, 0.29) is 0 Å². The lowest BCUT2D eigenvalue weighted by atomic mass is 10.1. The van der Waals surface area contributed by atoms with Crippen LogP contribution in [-0.2, 0) is 0 Å². The van der Waals surface area contributed by atoms with Crippen LogP contribution in [0.3, 0.4) is 0 Å². The summed E-state index contributed by atoms with van der Waals surface area (Å²) >= 11 is 0. The van der Waals surface area contributed by atoms with Crippen LogP contribution in [-0.4, -0.2) is 24.0 Å². The third-order valence-electron chi connectivity index (χ3n) is 3.55. The third-order valence-corrected chi connectivity index (χ3v) is 4.39. The predicted molar refractivity (Wildman–Crippen MR) is 109 cm³/mol. The molecule has 0 fully saturated rings.